The number of aryl methyl sites for hydroxylation is 1. The predicted molar refractivity (Wildman–Crippen MR) is 54.2 cm³/mol. The minimum Gasteiger partial charge on any atom is -0.379 e. The van der Waals surface area contributed by atoms with E-state index in [2.05, 4.69) is 17.1 Å². The lowest BCUT2D eigenvalue weighted by atomic mass is 10.0. The van der Waals surface area contributed by atoms with Crippen molar-refractivity contribution in [2.75, 3.05) is 13.2 Å². The summed E-state index contributed by atoms with van der Waals surface area (Å²) in [6.45, 7) is 3.28. The number of nitrogens with two attached hydrogens (primary N) is 1. The number of rotatable bonds is 4. The van der Waals surface area contributed by atoms with Crippen molar-refractivity contribution in [1.29, 1.82) is 0 Å². The molecular formula is C10H17N3O2. The van der Waals surface area contributed by atoms with Crippen LogP contribution >= 0.6 is 0 Å². The second-order valence-corrected chi connectivity index (χ2v) is 4.08. The average Bonchev–Trinajstić information content (AvgIpc) is 2.84. The van der Waals surface area contributed by atoms with Crippen LogP contribution < -0.4 is 5.73 Å². The first-order valence-electron chi connectivity index (χ1n) is 5.44. The van der Waals surface area contributed by atoms with Gasteiger partial charge in [0.15, 0.2) is 5.82 Å². The van der Waals surface area contributed by atoms with E-state index in [4.69, 9.17) is 15.0 Å². The molecule has 1 fully saturated rings. The van der Waals surface area contributed by atoms with Crippen LogP contribution in [-0.4, -0.2) is 23.4 Å². The van der Waals surface area contributed by atoms with Crippen LogP contribution in [0.5, 0.6) is 0 Å². The van der Waals surface area contributed by atoms with Crippen molar-refractivity contribution < 1.29 is 9.26 Å². The van der Waals surface area contributed by atoms with Gasteiger partial charge in [-0.3, -0.25) is 0 Å². The van der Waals surface area contributed by atoms with Crippen molar-refractivity contribution in [3.8, 4) is 0 Å². The number of hydrogen-bond donors (Lipinski definition) is 1. The molecule has 2 N–H and O–H groups in total. The molecule has 0 radical (unpaired) electrons. The van der Waals surface area contributed by atoms with Crippen LogP contribution in [0.2, 0.25) is 0 Å². The van der Waals surface area contributed by atoms with Crippen LogP contribution in [-0.2, 0) is 16.7 Å². The van der Waals surface area contributed by atoms with Crippen LogP contribution in [0.15, 0.2) is 4.52 Å². The van der Waals surface area contributed by atoms with Gasteiger partial charge in [0.1, 0.15) is 5.54 Å². The normalized spacial score (nSPS) is 26.0. The quantitative estimate of drug-likeness (QED) is 0.803. The Labute approximate surface area is 89.0 Å². The predicted octanol–water partition coefficient (Wildman–Crippen LogP) is 0.987. The van der Waals surface area contributed by atoms with E-state index >= 15 is 0 Å². The number of unbranched alkanes of at least 4 members (excludes halogenated alkanes) is 1. The fraction of sp³-hybridized carbons (Fsp3) is 0.800. The maximum atomic E-state index is 6.10. The monoisotopic (exact) mass is 211 g/mol. The van der Waals surface area contributed by atoms with E-state index < -0.39 is 5.54 Å². The summed E-state index contributed by atoms with van der Waals surface area (Å²) in [4.78, 5) is 4.32. The molecule has 5 heteroatoms. The van der Waals surface area contributed by atoms with Gasteiger partial charge < -0.3 is 15.0 Å². The van der Waals surface area contributed by atoms with Crippen molar-refractivity contribution in [1.82, 2.24) is 10.1 Å². The van der Waals surface area contributed by atoms with Crippen molar-refractivity contribution in [2.24, 2.45) is 5.73 Å². The summed E-state index contributed by atoms with van der Waals surface area (Å²) in [6.07, 6.45) is 3.81. The summed E-state index contributed by atoms with van der Waals surface area (Å²) in [5.41, 5.74) is 5.54. The lowest BCUT2D eigenvalue weighted by molar-refractivity contribution is 0.166. The van der Waals surface area contributed by atoms with Gasteiger partial charge in [0, 0.05) is 13.0 Å². The summed E-state index contributed by atoms with van der Waals surface area (Å²) in [7, 11) is 0. The third-order valence-electron chi connectivity index (χ3n) is 2.70. The maximum absolute atomic E-state index is 6.10. The van der Waals surface area contributed by atoms with Crippen molar-refractivity contribution in [3.05, 3.63) is 11.7 Å². The van der Waals surface area contributed by atoms with E-state index in [0.717, 1.165) is 31.5 Å². The number of ether oxygens (including phenoxy) is 1. The zero-order valence-electron chi connectivity index (χ0n) is 9.03. The second kappa shape index (κ2) is 4.28. The van der Waals surface area contributed by atoms with Crippen LogP contribution in [0.4, 0.5) is 0 Å². The van der Waals surface area contributed by atoms with E-state index in [-0.39, 0.29) is 0 Å². The highest BCUT2D eigenvalue weighted by Gasteiger charge is 2.37. The topological polar surface area (TPSA) is 74.2 Å². The van der Waals surface area contributed by atoms with Gasteiger partial charge in [0.05, 0.1) is 6.61 Å². The third kappa shape index (κ3) is 2.18. The highest BCUT2D eigenvalue weighted by atomic mass is 16.5. The Morgan fingerprint density at radius 3 is 3.07 bits per heavy atom. The lowest BCUT2D eigenvalue weighted by Gasteiger charge is -2.14. The van der Waals surface area contributed by atoms with Crippen molar-refractivity contribution in [3.63, 3.8) is 0 Å². The SMILES string of the molecule is CCCCc1noc(C2(N)CCOC2)n1. The Kier molecular flexibility index (Phi) is 3.02. The van der Waals surface area contributed by atoms with Crippen LogP contribution in [0.1, 0.15) is 37.9 Å². The summed E-state index contributed by atoms with van der Waals surface area (Å²) in [5.74, 6) is 1.27. The van der Waals surface area contributed by atoms with E-state index in [1.165, 1.54) is 0 Å². The maximum Gasteiger partial charge on any atom is 0.249 e. The molecule has 1 aromatic heterocycles. The summed E-state index contributed by atoms with van der Waals surface area (Å²) in [5, 5.41) is 3.92. The first-order chi connectivity index (χ1) is 7.24. The molecule has 2 rings (SSSR count). The summed E-state index contributed by atoms with van der Waals surface area (Å²) in [6, 6.07) is 0. The molecule has 0 spiro atoms. The molecule has 0 amide bonds. The van der Waals surface area contributed by atoms with E-state index in [9.17, 15) is 0 Å². The average molecular weight is 211 g/mol. The molecule has 5 nitrogen and oxygen atoms in total. The zero-order chi connectivity index (χ0) is 10.7. The highest BCUT2D eigenvalue weighted by molar-refractivity contribution is 5.04. The standard InChI is InChI=1S/C10H17N3O2/c1-2-3-4-8-12-9(15-13-8)10(11)5-6-14-7-10/h2-7,11H2,1H3. The van der Waals surface area contributed by atoms with Gasteiger partial charge in [-0.15, -0.1) is 0 Å². The van der Waals surface area contributed by atoms with E-state index in [1.54, 1.807) is 0 Å². The number of aromatic nitrogens is 2. The van der Waals surface area contributed by atoms with Crippen molar-refractivity contribution in [2.45, 2.75) is 38.1 Å². The Morgan fingerprint density at radius 1 is 1.53 bits per heavy atom. The Morgan fingerprint density at radius 2 is 2.40 bits per heavy atom. The van der Waals surface area contributed by atoms with Crippen molar-refractivity contribution >= 4 is 0 Å². The summed E-state index contributed by atoms with van der Waals surface area (Å²) >= 11 is 0. The summed E-state index contributed by atoms with van der Waals surface area (Å²) < 4.78 is 10.4. The van der Waals surface area contributed by atoms with Crippen LogP contribution in [0.25, 0.3) is 0 Å². The molecule has 0 saturated carbocycles. The van der Waals surface area contributed by atoms with E-state index in [1.807, 2.05) is 0 Å². The molecule has 2 heterocycles. The molecule has 1 atom stereocenters. The second-order valence-electron chi connectivity index (χ2n) is 4.08. The van der Waals surface area contributed by atoms with Gasteiger partial charge in [-0.05, 0) is 12.8 Å². The molecule has 15 heavy (non-hydrogen) atoms. The Balaban J connectivity index is 2.05. The molecule has 1 unspecified atom stereocenters. The third-order valence-corrected chi connectivity index (χ3v) is 2.70. The minimum atomic E-state index is -0.558. The molecule has 84 valence electrons. The molecule has 0 aliphatic carbocycles. The van der Waals surface area contributed by atoms with Gasteiger partial charge in [0.25, 0.3) is 0 Å². The molecule has 0 bridgehead atoms. The van der Waals surface area contributed by atoms with E-state index in [0.29, 0.717) is 19.1 Å². The first-order valence-corrected chi connectivity index (χ1v) is 5.44. The molecule has 1 aromatic rings. The largest absolute Gasteiger partial charge is 0.379 e. The lowest BCUT2D eigenvalue weighted by Crippen LogP contribution is -2.37. The smallest absolute Gasteiger partial charge is 0.249 e. The van der Waals surface area contributed by atoms with Gasteiger partial charge >= 0.3 is 0 Å². The molecule has 0 aromatic carbocycles. The molecule has 1 aliphatic rings. The number of hydrogen-bond acceptors (Lipinski definition) is 5. The Bertz CT molecular complexity index is 318. The van der Waals surface area contributed by atoms with Gasteiger partial charge in [-0.25, -0.2) is 0 Å². The fourth-order valence-electron chi connectivity index (χ4n) is 1.64. The first kappa shape index (κ1) is 10.6. The van der Waals surface area contributed by atoms with Gasteiger partial charge in [-0.1, -0.05) is 18.5 Å². The number of nitrogens with zero attached hydrogens (tertiary/aromatic N) is 2. The van der Waals surface area contributed by atoms with Crippen LogP contribution in [0, 0.1) is 0 Å². The highest BCUT2D eigenvalue weighted by Crippen LogP contribution is 2.26. The van der Waals surface area contributed by atoms with Gasteiger partial charge in [-0.2, -0.15) is 4.98 Å². The van der Waals surface area contributed by atoms with Crippen LogP contribution in [0.3, 0.4) is 0 Å². The van der Waals surface area contributed by atoms with Gasteiger partial charge in [0.2, 0.25) is 5.89 Å². The molecule has 1 saturated heterocycles. The Hall–Kier alpha value is -0.940. The zero-order valence-corrected chi connectivity index (χ0v) is 9.03. The minimum absolute atomic E-state index is 0.475. The molecule has 1 aliphatic heterocycles. The fourth-order valence-corrected chi connectivity index (χ4v) is 1.64. The molecular weight excluding hydrogens is 194 g/mol.